The number of amides is 2. The number of benzene rings is 3. The topological polar surface area (TPSA) is 53.1 Å². The van der Waals surface area contributed by atoms with Crippen molar-refractivity contribution in [2.24, 2.45) is 23.2 Å². The van der Waals surface area contributed by atoms with Crippen molar-refractivity contribution in [3.63, 3.8) is 0 Å². The minimum Gasteiger partial charge on any atom is -0.494 e. The summed E-state index contributed by atoms with van der Waals surface area (Å²) in [4.78, 5) is 33.3. The van der Waals surface area contributed by atoms with E-state index in [0.29, 0.717) is 30.7 Å². The third kappa shape index (κ3) is 6.38. The number of piperazine rings is 1. The van der Waals surface area contributed by atoms with Crippen molar-refractivity contribution in [1.29, 1.82) is 0 Å². The molecule has 238 valence electrons. The van der Waals surface area contributed by atoms with Gasteiger partial charge < -0.3 is 19.4 Å². The van der Waals surface area contributed by atoms with Crippen LogP contribution in [0.2, 0.25) is 0 Å². The molecule has 46 heavy (non-hydrogen) atoms. The molecule has 6 heteroatoms. The van der Waals surface area contributed by atoms with Crippen LogP contribution in [-0.2, 0) is 0 Å². The highest BCUT2D eigenvalue weighted by atomic mass is 16.5. The van der Waals surface area contributed by atoms with Gasteiger partial charge >= 0.3 is 0 Å². The van der Waals surface area contributed by atoms with Crippen LogP contribution in [0, 0.1) is 35.0 Å². The molecule has 1 aliphatic heterocycles. The van der Waals surface area contributed by atoms with E-state index in [4.69, 9.17) is 4.74 Å². The summed E-state index contributed by atoms with van der Waals surface area (Å²) in [6.07, 6.45) is 8.21. The smallest absolute Gasteiger partial charge is 0.255 e. The zero-order valence-corrected chi connectivity index (χ0v) is 27.2. The van der Waals surface area contributed by atoms with Crippen LogP contribution in [0.3, 0.4) is 0 Å². The van der Waals surface area contributed by atoms with Crippen LogP contribution in [0.15, 0.2) is 72.8 Å². The first kappa shape index (κ1) is 30.4. The molecule has 6 nitrogen and oxygen atoms in total. The van der Waals surface area contributed by atoms with E-state index >= 15 is 0 Å². The first-order valence-corrected chi connectivity index (χ1v) is 17.1. The maximum Gasteiger partial charge on any atom is 0.255 e. The second kappa shape index (κ2) is 12.9. The second-order valence-electron chi connectivity index (χ2n) is 14.2. The van der Waals surface area contributed by atoms with Gasteiger partial charge in [-0.15, -0.1) is 0 Å². The highest BCUT2D eigenvalue weighted by Crippen LogP contribution is 2.60. The minimum atomic E-state index is 0.00984. The quantitative estimate of drug-likeness (QED) is 0.277. The van der Waals surface area contributed by atoms with Gasteiger partial charge in [0.15, 0.2) is 0 Å². The molecule has 0 atom stereocenters. The van der Waals surface area contributed by atoms with Crippen LogP contribution in [0.5, 0.6) is 5.75 Å². The molecule has 3 aromatic rings. The summed E-state index contributed by atoms with van der Waals surface area (Å²) in [7, 11) is 1.99. The molecule has 5 fully saturated rings. The Bertz CT molecular complexity index is 1610. The fourth-order valence-electron chi connectivity index (χ4n) is 9.18. The summed E-state index contributed by atoms with van der Waals surface area (Å²) < 4.78 is 5.60. The lowest BCUT2D eigenvalue weighted by molar-refractivity contribution is -0.0629. The molecule has 0 unspecified atom stereocenters. The largest absolute Gasteiger partial charge is 0.494 e. The summed E-state index contributed by atoms with van der Waals surface area (Å²) in [5.74, 6) is 10.0. The molecule has 0 aromatic heterocycles. The van der Waals surface area contributed by atoms with Crippen LogP contribution in [0.1, 0.15) is 77.3 Å². The minimum absolute atomic E-state index is 0.00984. The van der Waals surface area contributed by atoms with Crippen molar-refractivity contribution < 1.29 is 14.3 Å². The van der Waals surface area contributed by atoms with Crippen LogP contribution < -0.4 is 9.64 Å². The van der Waals surface area contributed by atoms with Crippen molar-refractivity contribution in [3.05, 3.63) is 95.1 Å². The molecule has 4 saturated carbocycles. The number of nitrogens with zero attached hydrogens (tertiary/aromatic N) is 3. The zero-order valence-electron chi connectivity index (χ0n) is 27.2. The first-order chi connectivity index (χ1) is 22.4. The van der Waals surface area contributed by atoms with Gasteiger partial charge in [-0.25, -0.2) is 0 Å². The Morgan fingerprint density at radius 3 is 2.20 bits per heavy atom. The molecule has 5 aliphatic rings. The molecule has 4 aliphatic carbocycles. The second-order valence-corrected chi connectivity index (χ2v) is 14.2. The van der Waals surface area contributed by atoms with Gasteiger partial charge in [-0.05, 0) is 123 Å². The van der Waals surface area contributed by atoms with E-state index in [1.165, 1.54) is 38.5 Å². The van der Waals surface area contributed by atoms with E-state index < -0.39 is 0 Å². The molecule has 1 heterocycles. The van der Waals surface area contributed by atoms with E-state index in [1.807, 2.05) is 84.4 Å². The lowest BCUT2D eigenvalue weighted by atomic mass is 9.49. The van der Waals surface area contributed by atoms with Crippen LogP contribution in [-0.4, -0.2) is 68.0 Å². The normalized spacial score (nSPS) is 24.7. The molecule has 0 spiro atoms. The van der Waals surface area contributed by atoms with Crippen LogP contribution in [0.4, 0.5) is 5.69 Å². The average Bonchev–Trinajstić information content (AvgIpc) is 3.06. The number of ether oxygens (including phenoxy) is 1. The van der Waals surface area contributed by atoms with Gasteiger partial charge in [0, 0.05) is 62.1 Å². The van der Waals surface area contributed by atoms with Crippen molar-refractivity contribution in [1.82, 2.24) is 9.80 Å². The molecule has 2 amide bonds. The fourth-order valence-corrected chi connectivity index (χ4v) is 9.18. The van der Waals surface area contributed by atoms with Gasteiger partial charge in [-0.3, -0.25) is 9.59 Å². The Labute approximate surface area is 273 Å². The molecule has 4 bridgehead atoms. The Kier molecular flexibility index (Phi) is 8.51. The van der Waals surface area contributed by atoms with Crippen LogP contribution >= 0.6 is 0 Å². The fraction of sp³-hybridized carbons (Fsp3) is 0.450. The highest BCUT2D eigenvalue weighted by molar-refractivity contribution is 5.97. The van der Waals surface area contributed by atoms with E-state index in [-0.39, 0.29) is 11.8 Å². The molecule has 8 rings (SSSR count). The van der Waals surface area contributed by atoms with Gasteiger partial charge in [-0.2, -0.15) is 0 Å². The zero-order chi connectivity index (χ0) is 31.7. The number of carbonyl (C=O) groups excluding carboxylic acids is 2. The summed E-state index contributed by atoms with van der Waals surface area (Å²) in [6, 6.07) is 23.4. The first-order valence-electron chi connectivity index (χ1n) is 17.1. The molecular weight excluding hydrogens is 570 g/mol. The Morgan fingerprint density at radius 1 is 0.848 bits per heavy atom. The van der Waals surface area contributed by atoms with Gasteiger partial charge in [0.05, 0.1) is 12.2 Å². The van der Waals surface area contributed by atoms with E-state index in [0.717, 1.165) is 65.5 Å². The number of anilines is 1. The Hall–Kier alpha value is -4.24. The monoisotopic (exact) mass is 615 g/mol. The molecule has 0 radical (unpaired) electrons. The van der Waals surface area contributed by atoms with Gasteiger partial charge in [0.1, 0.15) is 5.75 Å². The lowest BCUT2D eigenvalue weighted by Crippen LogP contribution is -2.51. The van der Waals surface area contributed by atoms with E-state index in [1.54, 1.807) is 0 Å². The summed E-state index contributed by atoms with van der Waals surface area (Å²) in [5.41, 5.74) is 4.40. The summed E-state index contributed by atoms with van der Waals surface area (Å²) in [6.45, 7) is 6.19. The van der Waals surface area contributed by atoms with Crippen molar-refractivity contribution in [2.45, 2.75) is 45.4 Å². The number of rotatable bonds is 7. The van der Waals surface area contributed by atoms with Crippen molar-refractivity contribution >= 4 is 17.5 Å². The number of hydrogen-bond acceptors (Lipinski definition) is 4. The van der Waals surface area contributed by atoms with Crippen molar-refractivity contribution in [2.75, 3.05) is 51.3 Å². The Balaban J connectivity index is 0.950. The predicted molar refractivity (Wildman–Crippen MR) is 182 cm³/mol. The third-order valence-corrected chi connectivity index (χ3v) is 10.8. The maximum atomic E-state index is 13.6. The van der Waals surface area contributed by atoms with Gasteiger partial charge in [-0.1, -0.05) is 30.0 Å². The standard InChI is InChI=1S/C40H45N3O3/c1-3-46-36-9-6-7-29(24-36)11-12-33-8-4-5-10-37(33)39(45)43-19-17-42(18-20-43)35-15-13-34(14-16-35)38(44)41(2)28-40-25-30-21-31(26-40)23-32(22-30)27-40/h4-10,13-16,24,30-32H,3,17-23,25-28H2,1-2H3. The van der Waals surface area contributed by atoms with E-state index in [2.05, 4.69) is 28.9 Å². The lowest BCUT2D eigenvalue weighted by Gasteiger charge is -2.57. The Morgan fingerprint density at radius 2 is 1.52 bits per heavy atom. The molecule has 1 saturated heterocycles. The molecule has 3 aromatic carbocycles. The van der Waals surface area contributed by atoms with Crippen molar-refractivity contribution in [3.8, 4) is 17.6 Å². The molecular formula is C40H45N3O3. The third-order valence-electron chi connectivity index (χ3n) is 10.8. The average molecular weight is 616 g/mol. The number of hydrogen-bond donors (Lipinski definition) is 0. The maximum absolute atomic E-state index is 13.6. The summed E-state index contributed by atoms with van der Waals surface area (Å²) in [5, 5.41) is 0. The van der Waals surface area contributed by atoms with Gasteiger partial charge in [0.25, 0.3) is 11.8 Å². The van der Waals surface area contributed by atoms with Crippen LogP contribution in [0.25, 0.3) is 0 Å². The highest BCUT2D eigenvalue weighted by Gasteiger charge is 2.51. The summed E-state index contributed by atoms with van der Waals surface area (Å²) >= 11 is 0. The predicted octanol–water partition coefficient (Wildman–Crippen LogP) is 6.74. The number of carbonyl (C=O) groups is 2. The van der Waals surface area contributed by atoms with Gasteiger partial charge in [0.2, 0.25) is 0 Å². The SMILES string of the molecule is CCOc1cccc(C#Cc2ccccc2C(=O)N2CCN(c3ccc(C(=O)N(C)CC45CC6CC(CC(C6)C4)C5)cc3)CC2)c1. The molecule has 0 N–H and O–H groups in total. The van der Waals surface area contributed by atoms with E-state index in [9.17, 15) is 9.59 Å².